The van der Waals surface area contributed by atoms with Crippen molar-refractivity contribution >= 4 is 17.0 Å². The van der Waals surface area contributed by atoms with E-state index in [0.717, 1.165) is 5.69 Å². The number of hydrogen-bond acceptors (Lipinski definition) is 3. The number of hydrogen-bond donors (Lipinski definition) is 1. The van der Waals surface area contributed by atoms with Gasteiger partial charge in [0, 0.05) is 29.1 Å². The fourth-order valence-corrected chi connectivity index (χ4v) is 2.57. The van der Waals surface area contributed by atoms with E-state index in [-0.39, 0.29) is 11.6 Å². The van der Waals surface area contributed by atoms with Crippen molar-refractivity contribution in [3.05, 3.63) is 50.6 Å². The van der Waals surface area contributed by atoms with E-state index in [1.807, 2.05) is 12.3 Å². The Morgan fingerprint density at radius 3 is 2.65 bits per heavy atom. The molecule has 3 nitrogen and oxygen atoms in total. The molecule has 0 aliphatic heterocycles. The largest absolute Gasteiger partial charge is 0.377 e. The number of nitrogens with one attached hydrogen (secondary N) is 1. The number of aryl methyl sites for hydroxylation is 2. The van der Waals surface area contributed by atoms with Gasteiger partial charge in [0.2, 0.25) is 5.56 Å². The lowest BCUT2D eigenvalue weighted by atomic mass is 10.2. The van der Waals surface area contributed by atoms with Crippen LogP contribution in [0.15, 0.2) is 35.3 Å². The molecule has 0 aliphatic carbocycles. The van der Waals surface area contributed by atoms with Crippen LogP contribution in [0.3, 0.4) is 0 Å². The summed E-state index contributed by atoms with van der Waals surface area (Å²) >= 11 is 1.79. The maximum Gasteiger partial charge on any atom is 0.250 e. The molecule has 2 aromatic rings. The Labute approximate surface area is 105 Å². The summed E-state index contributed by atoms with van der Waals surface area (Å²) in [7, 11) is 1.76. The van der Waals surface area contributed by atoms with Gasteiger partial charge >= 0.3 is 0 Å². The number of thiophene rings is 1. The van der Waals surface area contributed by atoms with Gasteiger partial charge in [0.25, 0.3) is 0 Å². The van der Waals surface area contributed by atoms with Gasteiger partial charge in [-0.25, -0.2) is 0 Å². The molecule has 0 bridgehead atoms. The predicted octanol–water partition coefficient (Wildman–Crippen LogP) is 2.93. The third-order valence-electron chi connectivity index (χ3n) is 2.66. The summed E-state index contributed by atoms with van der Waals surface area (Å²) in [6.07, 6.45) is 1.82. The minimum absolute atomic E-state index is 0.00942. The maximum atomic E-state index is 11.3. The molecule has 1 unspecified atom stereocenters. The molecule has 0 aliphatic rings. The first-order chi connectivity index (χ1) is 8.06. The summed E-state index contributed by atoms with van der Waals surface area (Å²) in [6, 6.07) is 7.92. The molecule has 90 valence electrons. The highest BCUT2D eigenvalue weighted by atomic mass is 32.1. The quantitative estimate of drug-likeness (QED) is 0.906. The molecule has 0 saturated carbocycles. The van der Waals surface area contributed by atoms with Crippen molar-refractivity contribution in [1.82, 2.24) is 4.57 Å². The van der Waals surface area contributed by atoms with Crippen molar-refractivity contribution in [3.63, 3.8) is 0 Å². The average Bonchev–Trinajstić information content (AvgIpc) is 2.70. The van der Waals surface area contributed by atoms with E-state index >= 15 is 0 Å². The van der Waals surface area contributed by atoms with Crippen molar-refractivity contribution in [2.45, 2.75) is 19.9 Å². The Morgan fingerprint density at radius 1 is 1.29 bits per heavy atom. The van der Waals surface area contributed by atoms with Gasteiger partial charge < -0.3 is 9.88 Å². The molecule has 0 spiro atoms. The summed E-state index contributed by atoms with van der Waals surface area (Å²) in [5.41, 5.74) is 0.973. The lowest BCUT2D eigenvalue weighted by molar-refractivity contribution is 0.845. The Balaban J connectivity index is 2.15. The van der Waals surface area contributed by atoms with Crippen molar-refractivity contribution < 1.29 is 0 Å². The van der Waals surface area contributed by atoms with Gasteiger partial charge in [0.05, 0.1) is 11.7 Å². The Morgan fingerprint density at radius 2 is 2.06 bits per heavy atom. The smallest absolute Gasteiger partial charge is 0.250 e. The molecule has 0 aromatic carbocycles. The molecule has 2 aromatic heterocycles. The second kappa shape index (κ2) is 4.75. The van der Waals surface area contributed by atoms with Crippen LogP contribution in [0.2, 0.25) is 0 Å². The third kappa shape index (κ3) is 2.77. The van der Waals surface area contributed by atoms with Crippen molar-refractivity contribution in [1.29, 1.82) is 0 Å². The van der Waals surface area contributed by atoms with E-state index in [2.05, 4.69) is 31.3 Å². The van der Waals surface area contributed by atoms with Crippen LogP contribution < -0.4 is 10.9 Å². The Kier molecular flexibility index (Phi) is 3.33. The SMILES string of the molecule is Cc1ccc(C(C)Nc2ccc(=O)n(C)c2)s1. The standard InChI is InChI=1S/C13H16N2OS/c1-9-4-6-12(17-9)10(2)14-11-5-7-13(16)15(3)8-11/h4-8,10,14H,1-3H3. The van der Waals surface area contributed by atoms with E-state index in [0.29, 0.717) is 0 Å². The molecule has 0 saturated heterocycles. The molecule has 0 radical (unpaired) electrons. The van der Waals surface area contributed by atoms with Crippen LogP contribution in [-0.4, -0.2) is 4.57 Å². The van der Waals surface area contributed by atoms with Gasteiger partial charge in [0.15, 0.2) is 0 Å². The van der Waals surface area contributed by atoms with Gasteiger partial charge in [-0.05, 0) is 32.0 Å². The van der Waals surface area contributed by atoms with E-state index in [4.69, 9.17) is 0 Å². The Bertz CT molecular complexity index is 571. The minimum atomic E-state index is 0.00942. The number of rotatable bonds is 3. The molecular formula is C13H16N2OS. The van der Waals surface area contributed by atoms with Gasteiger partial charge in [-0.3, -0.25) is 4.79 Å². The zero-order chi connectivity index (χ0) is 12.4. The van der Waals surface area contributed by atoms with Gasteiger partial charge in [-0.15, -0.1) is 11.3 Å². The van der Waals surface area contributed by atoms with E-state index < -0.39 is 0 Å². The van der Waals surface area contributed by atoms with Crippen LogP contribution in [0.25, 0.3) is 0 Å². The summed E-state index contributed by atoms with van der Waals surface area (Å²) in [5, 5.41) is 3.39. The zero-order valence-electron chi connectivity index (χ0n) is 10.2. The van der Waals surface area contributed by atoms with Crippen LogP contribution in [0.5, 0.6) is 0 Å². The first kappa shape index (κ1) is 11.9. The highest BCUT2D eigenvalue weighted by Gasteiger charge is 2.07. The molecule has 1 atom stereocenters. The van der Waals surface area contributed by atoms with Crippen molar-refractivity contribution in [2.24, 2.45) is 7.05 Å². The first-order valence-electron chi connectivity index (χ1n) is 5.56. The molecular weight excluding hydrogens is 232 g/mol. The van der Waals surface area contributed by atoms with Crippen LogP contribution in [0.4, 0.5) is 5.69 Å². The number of pyridine rings is 1. The highest BCUT2D eigenvalue weighted by molar-refractivity contribution is 7.12. The number of aromatic nitrogens is 1. The molecule has 0 fully saturated rings. The number of anilines is 1. The molecule has 2 rings (SSSR count). The lowest BCUT2D eigenvalue weighted by Crippen LogP contribution is -2.16. The van der Waals surface area contributed by atoms with Gasteiger partial charge in [-0.1, -0.05) is 0 Å². The van der Waals surface area contributed by atoms with E-state index in [9.17, 15) is 4.79 Å². The first-order valence-corrected chi connectivity index (χ1v) is 6.37. The van der Waals surface area contributed by atoms with Crippen LogP contribution >= 0.6 is 11.3 Å². The Hall–Kier alpha value is -1.55. The molecule has 1 N–H and O–H groups in total. The fourth-order valence-electron chi connectivity index (χ4n) is 1.69. The second-order valence-corrected chi connectivity index (χ2v) is 5.50. The van der Waals surface area contributed by atoms with E-state index in [1.165, 1.54) is 9.75 Å². The summed E-state index contributed by atoms with van der Waals surface area (Å²) < 4.78 is 1.58. The predicted molar refractivity (Wildman–Crippen MR) is 72.8 cm³/mol. The number of nitrogens with zero attached hydrogens (tertiary/aromatic N) is 1. The van der Waals surface area contributed by atoms with Crippen LogP contribution in [-0.2, 0) is 7.05 Å². The highest BCUT2D eigenvalue weighted by Crippen LogP contribution is 2.25. The molecule has 17 heavy (non-hydrogen) atoms. The topological polar surface area (TPSA) is 34.0 Å². The molecule has 0 amide bonds. The molecule has 2 heterocycles. The second-order valence-electron chi connectivity index (χ2n) is 4.18. The van der Waals surface area contributed by atoms with Crippen LogP contribution in [0, 0.1) is 6.92 Å². The summed E-state index contributed by atoms with van der Waals surface area (Å²) in [6.45, 7) is 4.23. The maximum absolute atomic E-state index is 11.3. The van der Waals surface area contributed by atoms with Gasteiger partial charge in [-0.2, -0.15) is 0 Å². The minimum Gasteiger partial charge on any atom is -0.377 e. The van der Waals surface area contributed by atoms with Crippen molar-refractivity contribution in [2.75, 3.05) is 5.32 Å². The van der Waals surface area contributed by atoms with E-state index in [1.54, 1.807) is 29.0 Å². The lowest BCUT2D eigenvalue weighted by Gasteiger charge is -2.14. The normalized spacial score (nSPS) is 12.4. The molecule has 4 heteroatoms. The van der Waals surface area contributed by atoms with Crippen molar-refractivity contribution in [3.8, 4) is 0 Å². The van der Waals surface area contributed by atoms with Crippen LogP contribution in [0.1, 0.15) is 22.7 Å². The summed E-state index contributed by atoms with van der Waals surface area (Å²) in [4.78, 5) is 13.9. The fraction of sp³-hybridized carbons (Fsp3) is 0.308. The average molecular weight is 248 g/mol. The third-order valence-corrected chi connectivity index (χ3v) is 3.84. The van der Waals surface area contributed by atoms with Gasteiger partial charge in [0.1, 0.15) is 0 Å². The summed E-state index contributed by atoms with van der Waals surface area (Å²) in [5.74, 6) is 0. The monoisotopic (exact) mass is 248 g/mol. The zero-order valence-corrected chi connectivity index (χ0v) is 11.0.